The molecule has 0 atom stereocenters. The largest absolute Gasteiger partial charge is 0.469 e. The van der Waals surface area contributed by atoms with Gasteiger partial charge >= 0.3 is 11.9 Å². The van der Waals surface area contributed by atoms with E-state index in [4.69, 9.17) is 10.5 Å². The number of nitrogens with zero attached hydrogens (tertiary/aromatic N) is 2. The van der Waals surface area contributed by atoms with E-state index >= 15 is 0 Å². The summed E-state index contributed by atoms with van der Waals surface area (Å²) < 4.78 is 11.0. The highest BCUT2D eigenvalue weighted by Gasteiger charge is 2.20. The summed E-state index contributed by atoms with van der Waals surface area (Å²) in [6.07, 6.45) is 1.27. The highest BCUT2D eigenvalue weighted by atomic mass is 16.5. The van der Waals surface area contributed by atoms with Gasteiger partial charge in [0.2, 0.25) is 0 Å². The monoisotopic (exact) mass is 269 g/mol. The van der Waals surface area contributed by atoms with Crippen molar-refractivity contribution in [3.63, 3.8) is 0 Å². The third kappa shape index (κ3) is 3.70. The van der Waals surface area contributed by atoms with E-state index in [0.29, 0.717) is 24.2 Å². The van der Waals surface area contributed by atoms with Crippen molar-refractivity contribution >= 4 is 17.6 Å². The van der Waals surface area contributed by atoms with Crippen LogP contribution in [0, 0.1) is 0 Å². The Balaban J connectivity index is 2.54. The number of esters is 2. The first-order valence-electron chi connectivity index (χ1n) is 6.06. The lowest BCUT2D eigenvalue weighted by atomic mass is 10.2. The molecule has 1 heterocycles. The van der Waals surface area contributed by atoms with Gasteiger partial charge in [0.1, 0.15) is 0 Å². The molecule has 1 rings (SSSR count). The van der Waals surface area contributed by atoms with Crippen LogP contribution >= 0.6 is 0 Å². The third-order valence-electron chi connectivity index (χ3n) is 2.67. The second-order valence-corrected chi connectivity index (χ2v) is 4.00. The summed E-state index contributed by atoms with van der Waals surface area (Å²) in [5.74, 6) is -0.860. The molecule has 0 unspecified atom stereocenters. The fourth-order valence-corrected chi connectivity index (χ4v) is 1.65. The highest BCUT2D eigenvalue weighted by Crippen LogP contribution is 2.17. The first-order valence-corrected chi connectivity index (χ1v) is 6.06. The summed E-state index contributed by atoms with van der Waals surface area (Å²) in [7, 11) is 2.96. The van der Waals surface area contributed by atoms with Crippen molar-refractivity contribution in [3.05, 3.63) is 11.4 Å². The van der Waals surface area contributed by atoms with Crippen molar-refractivity contribution in [2.24, 2.45) is 7.05 Å². The second kappa shape index (κ2) is 6.77. The van der Waals surface area contributed by atoms with Crippen LogP contribution < -0.4 is 5.73 Å². The molecule has 7 nitrogen and oxygen atoms in total. The molecule has 0 amide bonds. The van der Waals surface area contributed by atoms with Gasteiger partial charge in [-0.05, 0) is 12.8 Å². The van der Waals surface area contributed by atoms with Gasteiger partial charge in [0.25, 0.3) is 0 Å². The van der Waals surface area contributed by atoms with Crippen molar-refractivity contribution in [2.75, 3.05) is 19.5 Å². The fraction of sp³-hybridized carbons (Fsp3) is 0.583. The number of rotatable bonds is 6. The van der Waals surface area contributed by atoms with Gasteiger partial charge in [0.15, 0.2) is 5.69 Å². The van der Waals surface area contributed by atoms with E-state index in [9.17, 15) is 9.59 Å². The van der Waals surface area contributed by atoms with Crippen LogP contribution in [0.4, 0.5) is 5.69 Å². The Morgan fingerprint density at radius 1 is 1.42 bits per heavy atom. The standard InChI is InChI=1S/C12H19N3O4/c1-4-8-10(13)11(15(2)14-8)12(17)19-7-5-6-9(16)18-3/h4-7,13H2,1-3H3. The number of nitrogens with two attached hydrogens (primary N) is 1. The lowest BCUT2D eigenvalue weighted by Crippen LogP contribution is -2.14. The molecule has 0 bridgehead atoms. The molecule has 0 aliphatic carbocycles. The number of methoxy groups -OCH3 is 1. The second-order valence-electron chi connectivity index (χ2n) is 4.00. The van der Waals surface area contributed by atoms with E-state index in [1.165, 1.54) is 11.8 Å². The average molecular weight is 269 g/mol. The van der Waals surface area contributed by atoms with Gasteiger partial charge < -0.3 is 15.2 Å². The maximum Gasteiger partial charge on any atom is 0.358 e. The summed E-state index contributed by atoms with van der Waals surface area (Å²) in [6.45, 7) is 2.05. The van der Waals surface area contributed by atoms with Crippen LogP contribution in [0.5, 0.6) is 0 Å². The average Bonchev–Trinajstić information content (AvgIpc) is 2.68. The van der Waals surface area contributed by atoms with Crippen LogP contribution in [0.2, 0.25) is 0 Å². The van der Waals surface area contributed by atoms with Gasteiger partial charge in [-0.2, -0.15) is 5.10 Å². The van der Waals surface area contributed by atoms with Gasteiger partial charge in [-0.1, -0.05) is 6.92 Å². The topological polar surface area (TPSA) is 96.4 Å². The first-order chi connectivity index (χ1) is 9.01. The van der Waals surface area contributed by atoms with Crippen molar-refractivity contribution < 1.29 is 19.1 Å². The van der Waals surface area contributed by atoms with Gasteiger partial charge in [0, 0.05) is 13.5 Å². The molecular weight excluding hydrogens is 250 g/mol. The summed E-state index contributed by atoms with van der Waals surface area (Å²) in [4.78, 5) is 22.7. The van der Waals surface area contributed by atoms with Crippen LogP contribution in [0.3, 0.4) is 0 Å². The predicted octanol–water partition coefficient (Wildman–Crippen LogP) is 0.675. The first kappa shape index (κ1) is 15.0. The smallest absolute Gasteiger partial charge is 0.358 e. The lowest BCUT2D eigenvalue weighted by molar-refractivity contribution is -0.140. The van der Waals surface area contributed by atoms with Crippen molar-refractivity contribution in [3.8, 4) is 0 Å². The number of nitrogen functional groups attached to an aromatic ring is 1. The minimum absolute atomic E-state index is 0.139. The number of carbonyl (C=O) groups is 2. The molecule has 0 saturated carbocycles. The third-order valence-corrected chi connectivity index (χ3v) is 2.67. The van der Waals surface area contributed by atoms with Crippen LogP contribution in [-0.4, -0.2) is 35.4 Å². The van der Waals surface area contributed by atoms with E-state index in [1.54, 1.807) is 7.05 Å². The highest BCUT2D eigenvalue weighted by molar-refractivity contribution is 5.93. The van der Waals surface area contributed by atoms with Crippen molar-refractivity contribution in [1.29, 1.82) is 0 Å². The van der Waals surface area contributed by atoms with Gasteiger partial charge in [-0.25, -0.2) is 4.79 Å². The van der Waals surface area contributed by atoms with Crippen molar-refractivity contribution in [1.82, 2.24) is 9.78 Å². The van der Waals surface area contributed by atoms with Crippen molar-refractivity contribution in [2.45, 2.75) is 26.2 Å². The van der Waals surface area contributed by atoms with E-state index in [1.807, 2.05) is 6.92 Å². The van der Waals surface area contributed by atoms with Gasteiger partial charge in [0.05, 0.1) is 25.1 Å². The molecule has 0 aliphatic rings. The number of aromatic nitrogens is 2. The molecule has 19 heavy (non-hydrogen) atoms. The summed E-state index contributed by atoms with van der Waals surface area (Å²) in [5.41, 5.74) is 7.10. The van der Waals surface area contributed by atoms with E-state index < -0.39 is 5.97 Å². The quantitative estimate of drug-likeness (QED) is 0.602. The zero-order chi connectivity index (χ0) is 14.4. The Labute approximate surface area is 111 Å². The Kier molecular flexibility index (Phi) is 5.35. The number of hydrogen-bond acceptors (Lipinski definition) is 6. The molecule has 2 N–H and O–H groups in total. The lowest BCUT2D eigenvalue weighted by Gasteiger charge is -2.05. The Morgan fingerprint density at radius 2 is 2.11 bits per heavy atom. The molecule has 7 heteroatoms. The Hall–Kier alpha value is -2.05. The van der Waals surface area contributed by atoms with Crippen LogP contribution in [0.15, 0.2) is 0 Å². The number of hydrogen-bond donors (Lipinski definition) is 1. The number of carbonyl (C=O) groups excluding carboxylic acids is 2. The molecule has 0 aliphatic heterocycles. The SMILES string of the molecule is CCc1nn(C)c(C(=O)OCCCC(=O)OC)c1N. The minimum Gasteiger partial charge on any atom is -0.469 e. The maximum absolute atomic E-state index is 11.9. The Morgan fingerprint density at radius 3 is 2.63 bits per heavy atom. The number of aryl methyl sites for hydroxylation is 2. The molecule has 0 spiro atoms. The van der Waals surface area contributed by atoms with E-state index in [2.05, 4.69) is 9.84 Å². The van der Waals surface area contributed by atoms with Crippen LogP contribution in [-0.2, 0) is 27.7 Å². The molecule has 0 fully saturated rings. The molecule has 0 saturated heterocycles. The molecule has 0 radical (unpaired) electrons. The predicted molar refractivity (Wildman–Crippen MR) is 68.5 cm³/mol. The maximum atomic E-state index is 11.9. The summed E-state index contributed by atoms with van der Waals surface area (Å²) in [5, 5.41) is 4.14. The van der Waals surface area contributed by atoms with Gasteiger partial charge in [-0.15, -0.1) is 0 Å². The Bertz CT molecular complexity index is 468. The molecular formula is C12H19N3O4. The summed E-state index contributed by atoms with van der Waals surface area (Å²) >= 11 is 0. The molecule has 106 valence electrons. The van der Waals surface area contributed by atoms with Crippen LogP contribution in [0.25, 0.3) is 0 Å². The van der Waals surface area contributed by atoms with Gasteiger partial charge in [-0.3, -0.25) is 9.48 Å². The number of ether oxygens (including phenoxy) is 2. The number of anilines is 1. The van der Waals surface area contributed by atoms with E-state index in [-0.39, 0.29) is 24.7 Å². The zero-order valence-electron chi connectivity index (χ0n) is 11.4. The van der Waals surface area contributed by atoms with E-state index in [0.717, 1.165) is 0 Å². The molecule has 0 aromatic carbocycles. The molecule has 1 aromatic rings. The van der Waals surface area contributed by atoms with Crippen LogP contribution in [0.1, 0.15) is 35.9 Å². The molecule has 1 aromatic heterocycles. The normalized spacial score (nSPS) is 10.3. The zero-order valence-corrected chi connectivity index (χ0v) is 11.4. The minimum atomic E-state index is -0.530. The summed E-state index contributed by atoms with van der Waals surface area (Å²) in [6, 6.07) is 0. The fourth-order valence-electron chi connectivity index (χ4n) is 1.65.